The van der Waals surface area contributed by atoms with Crippen LogP contribution in [0.1, 0.15) is 54.2 Å². The number of aromatic nitrogens is 4. The fourth-order valence-corrected chi connectivity index (χ4v) is 3.01. The van der Waals surface area contributed by atoms with Crippen molar-refractivity contribution in [3.8, 4) is 5.69 Å². The van der Waals surface area contributed by atoms with Crippen LogP contribution in [0.3, 0.4) is 0 Å². The van der Waals surface area contributed by atoms with Gasteiger partial charge in [0.25, 0.3) is 5.91 Å². The minimum Gasteiger partial charge on any atom is -0.339 e. The molecule has 1 saturated carbocycles. The van der Waals surface area contributed by atoms with Gasteiger partial charge >= 0.3 is 0 Å². The van der Waals surface area contributed by atoms with Crippen LogP contribution in [0.15, 0.2) is 47.2 Å². The predicted octanol–water partition coefficient (Wildman–Crippen LogP) is 3.19. The van der Waals surface area contributed by atoms with Crippen molar-refractivity contribution < 1.29 is 9.32 Å². The molecule has 26 heavy (non-hydrogen) atoms. The molecule has 2 heterocycles. The molecule has 0 aliphatic heterocycles. The van der Waals surface area contributed by atoms with Crippen LogP contribution in [-0.2, 0) is 6.54 Å². The van der Waals surface area contributed by atoms with Crippen LogP contribution in [0.25, 0.3) is 5.69 Å². The van der Waals surface area contributed by atoms with E-state index in [1.807, 2.05) is 43.5 Å². The summed E-state index contributed by atoms with van der Waals surface area (Å²) in [6, 6.07) is 9.27. The monoisotopic (exact) mass is 351 g/mol. The van der Waals surface area contributed by atoms with E-state index >= 15 is 0 Å². The van der Waals surface area contributed by atoms with Gasteiger partial charge in [0.15, 0.2) is 5.82 Å². The van der Waals surface area contributed by atoms with Crippen LogP contribution in [-0.4, -0.2) is 37.3 Å². The second kappa shape index (κ2) is 7.11. The second-order valence-corrected chi connectivity index (χ2v) is 6.49. The molecule has 0 spiro atoms. The minimum absolute atomic E-state index is 0.0468. The molecular formula is C19H21N5O2. The molecular weight excluding hydrogens is 330 g/mol. The molecule has 0 atom stereocenters. The van der Waals surface area contributed by atoms with Crippen molar-refractivity contribution in [2.75, 3.05) is 6.54 Å². The maximum atomic E-state index is 12.8. The Morgan fingerprint density at radius 3 is 2.73 bits per heavy atom. The van der Waals surface area contributed by atoms with Crippen LogP contribution >= 0.6 is 0 Å². The molecule has 1 aromatic carbocycles. The molecule has 1 aliphatic rings. The molecule has 2 aromatic heterocycles. The van der Waals surface area contributed by atoms with Crippen molar-refractivity contribution in [1.82, 2.24) is 24.8 Å². The van der Waals surface area contributed by atoms with E-state index in [4.69, 9.17) is 4.52 Å². The normalized spacial score (nSPS) is 14.2. The third-order valence-electron chi connectivity index (χ3n) is 4.82. The predicted molar refractivity (Wildman–Crippen MR) is 94.9 cm³/mol. The number of amides is 1. The lowest BCUT2D eigenvalue weighted by atomic mass is 9.85. The Morgan fingerprint density at radius 1 is 1.31 bits per heavy atom. The quantitative estimate of drug-likeness (QED) is 0.682. The van der Waals surface area contributed by atoms with Gasteiger partial charge < -0.3 is 9.42 Å². The Kier molecular flexibility index (Phi) is 4.51. The maximum Gasteiger partial charge on any atom is 0.254 e. The number of hydrogen-bond acceptors (Lipinski definition) is 5. The molecule has 0 radical (unpaired) electrons. The van der Waals surface area contributed by atoms with Crippen LogP contribution in [0.5, 0.6) is 0 Å². The highest BCUT2D eigenvalue weighted by Gasteiger charge is 2.26. The third-order valence-corrected chi connectivity index (χ3v) is 4.82. The summed E-state index contributed by atoms with van der Waals surface area (Å²) in [6.07, 6.45) is 7.03. The number of rotatable bonds is 6. The maximum absolute atomic E-state index is 12.8. The van der Waals surface area contributed by atoms with Gasteiger partial charge in [-0.2, -0.15) is 10.1 Å². The number of benzene rings is 1. The highest BCUT2D eigenvalue weighted by atomic mass is 16.5. The first-order chi connectivity index (χ1) is 12.7. The summed E-state index contributed by atoms with van der Waals surface area (Å²) < 4.78 is 7.10. The van der Waals surface area contributed by atoms with Crippen molar-refractivity contribution in [3.05, 3.63) is 60.0 Å². The molecule has 0 N–H and O–H groups in total. The SMILES string of the molecule is CCN(Cc1noc(C2CCC2)n1)C(=O)c1ccc(-n2cccn2)cc1. The summed E-state index contributed by atoms with van der Waals surface area (Å²) in [5, 5.41) is 8.23. The van der Waals surface area contributed by atoms with E-state index in [1.165, 1.54) is 6.42 Å². The summed E-state index contributed by atoms with van der Waals surface area (Å²) in [5.41, 5.74) is 1.54. The largest absolute Gasteiger partial charge is 0.339 e. The summed E-state index contributed by atoms with van der Waals surface area (Å²) >= 11 is 0. The van der Waals surface area contributed by atoms with E-state index in [9.17, 15) is 4.79 Å². The number of nitrogens with zero attached hydrogens (tertiary/aromatic N) is 5. The Morgan fingerprint density at radius 2 is 2.12 bits per heavy atom. The second-order valence-electron chi connectivity index (χ2n) is 6.49. The van der Waals surface area contributed by atoms with Gasteiger partial charge in [0, 0.05) is 30.4 Å². The fourth-order valence-electron chi connectivity index (χ4n) is 3.01. The molecule has 1 fully saturated rings. The van der Waals surface area contributed by atoms with Crippen molar-refractivity contribution in [1.29, 1.82) is 0 Å². The zero-order valence-electron chi connectivity index (χ0n) is 14.7. The lowest BCUT2D eigenvalue weighted by Crippen LogP contribution is -2.30. The summed E-state index contributed by atoms with van der Waals surface area (Å²) in [4.78, 5) is 19.0. The molecule has 7 nitrogen and oxygen atoms in total. The van der Waals surface area contributed by atoms with E-state index < -0.39 is 0 Å². The standard InChI is InChI=1S/C19H21N5O2/c1-2-23(13-17-21-18(26-22-17)14-5-3-6-14)19(25)15-7-9-16(10-8-15)24-12-4-11-20-24/h4,7-12,14H,2-3,5-6,13H2,1H3. The van der Waals surface area contributed by atoms with E-state index in [0.717, 1.165) is 18.5 Å². The highest BCUT2D eigenvalue weighted by molar-refractivity contribution is 5.94. The summed E-state index contributed by atoms with van der Waals surface area (Å²) in [6.45, 7) is 2.88. The number of hydrogen-bond donors (Lipinski definition) is 0. The molecule has 134 valence electrons. The summed E-state index contributed by atoms with van der Waals surface area (Å²) in [5.74, 6) is 1.62. The molecule has 1 amide bonds. The topological polar surface area (TPSA) is 77.0 Å². The van der Waals surface area contributed by atoms with E-state index in [2.05, 4.69) is 15.2 Å². The average Bonchev–Trinajstić information content (AvgIpc) is 3.30. The average molecular weight is 351 g/mol. The van der Waals surface area contributed by atoms with E-state index in [-0.39, 0.29) is 5.91 Å². The van der Waals surface area contributed by atoms with Gasteiger partial charge in [-0.15, -0.1) is 0 Å². The Hall–Kier alpha value is -2.96. The zero-order valence-corrected chi connectivity index (χ0v) is 14.7. The van der Waals surface area contributed by atoms with Gasteiger partial charge in [0.1, 0.15) is 0 Å². The van der Waals surface area contributed by atoms with Crippen molar-refractivity contribution in [2.24, 2.45) is 0 Å². The van der Waals surface area contributed by atoms with Crippen molar-refractivity contribution >= 4 is 5.91 Å². The number of carbonyl (C=O) groups excluding carboxylic acids is 1. The molecule has 3 aromatic rings. The van der Waals surface area contributed by atoms with Gasteiger partial charge in [-0.1, -0.05) is 11.6 Å². The molecule has 0 saturated heterocycles. The number of carbonyl (C=O) groups is 1. The summed E-state index contributed by atoms with van der Waals surface area (Å²) in [7, 11) is 0. The third kappa shape index (κ3) is 3.24. The molecule has 1 aliphatic carbocycles. The molecule has 7 heteroatoms. The molecule has 4 rings (SSSR count). The van der Waals surface area contributed by atoms with Gasteiger partial charge in [-0.25, -0.2) is 4.68 Å². The van der Waals surface area contributed by atoms with Crippen molar-refractivity contribution in [3.63, 3.8) is 0 Å². The van der Waals surface area contributed by atoms with Crippen molar-refractivity contribution in [2.45, 2.75) is 38.6 Å². The zero-order chi connectivity index (χ0) is 17.9. The molecule has 0 bridgehead atoms. The lowest BCUT2D eigenvalue weighted by molar-refractivity contribution is 0.0747. The van der Waals surface area contributed by atoms with Gasteiger partial charge in [0.2, 0.25) is 5.89 Å². The van der Waals surface area contributed by atoms with Gasteiger partial charge in [0.05, 0.1) is 12.2 Å². The van der Waals surface area contributed by atoms with E-state index in [1.54, 1.807) is 15.8 Å². The van der Waals surface area contributed by atoms with Gasteiger partial charge in [-0.05, 0) is 50.1 Å². The first-order valence-corrected chi connectivity index (χ1v) is 8.96. The molecule has 0 unspecified atom stereocenters. The first-order valence-electron chi connectivity index (χ1n) is 8.96. The Balaban J connectivity index is 1.45. The Labute approximate surface area is 151 Å². The lowest BCUT2D eigenvalue weighted by Gasteiger charge is -2.21. The smallest absolute Gasteiger partial charge is 0.254 e. The van der Waals surface area contributed by atoms with Crippen LogP contribution in [0, 0.1) is 0 Å². The van der Waals surface area contributed by atoms with Crippen LogP contribution < -0.4 is 0 Å². The Bertz CT molecular complexity index is 866. The minimum atomic E-state index is -0.0468. The highest BCUT2D eigenvalue weighted by Crippen LogP contribution is 2.35. The fraction of sp³-hybridized carbons (Fsp3) is 0.368. The van der Waals surface area contributed by atoms with Crippen LogP contribution in [0.2, 0.25) is 0 Å². The van der Waals surface area contributed by atoms with Crippen LogP contribution in [0.4, 0.5) is 0 Å². The van der Waals surface area contributed by atoms with E-state index in [0.29, 0.717) is 36.3 Å². The first kappa shape index (κ1) is 16.5. The van der Waals surface area contributed by atoms with Gasteiger partial charge in [-0.3, -0.25) is 4.79 Å².